The molecule has 0 radical (unpaired) electrons. The van der Waals surface area contributed by atoms with Gasteiger partial charge in [-0.2, -0.15) is 0 Å². The molecule has 1 heterocycles. The maximum absolute atomic E-state index is 11.2. The van der Waals surface area contributed by atoms with Gasteiger partial charge in [0.05, 0.1) is 10.0 Å². The molecule has 0 saturated heterocycles. The van der Waals surface area contributed by atoms with Crippen LogP contribution in [0.25, 0.3) is 0 Å². The molecule has 0 spiro atoms. The van der Waals surface area contributed by atoms with E-state index in [1.165, 1.54) is 0 Å². The van der Waals surface area contributed by atoms with Gasteiger partial charge in [-0.15, -0.1) is 0 Å². The third kappa shape index (κ3) is 1.91. The predicted octanol–water partition coefficient (Wildman–Crippen LogP) is 4.66. The summed E-state index contributed by atoms with van der Waals surface area (Å²) in [5.74, 6) is 0.598. The standard InChI is InChI=1S/C15H11Cl3O2/c1-8-15(19,10-3-2-4-12(17)14(10)18)11-7-9(16)5-6-13(11)20-8/h2-8,19H,1H3/t8-,15+/m0/s1. The highest BCUT2D eigenvalue weighted by Crippen LogP contribution is 2.49. The van der Waals surface area contributed by atoms with Crippen LogP contribution in [0.2, 0.25) is 15.1 Å². The first-order chi connectivity index (χ1) is 9.44. The van der Waals surface area contributed by atoms with Crippen LogP contribution in [0, 0.1) is 0 Å². The zero-order valence-electron chi connectivity index (χ0n) is 10.5. The second kappa shape index (κ2) is 4.81. The van der Waals surface area contributed by atoms with Gasteiger partial charge in [0.1, 0.15) is 11.9 Å². The monoisotopic (exact) mass is 328 g/mol. The van der Waals surface area contributed by atoms with Crippen LogP contribution in [0.4, 0.5) is 0 Å². The number of rotatable bonds is 1. The fraction of sp³-hybridized carbons (Fsp3) is 0.200. The van der Waals surface area contributed by atoms with Crippen LogP contribution in [0.3, 0.4) is 0 Å². The normalized spacial score (nSPS) is 24.4. The number of fused-ring (bicyclic) bond motifs is 1. The Hall–Kier alpha value is -0.930. The van der Waals surface area contributed by atoms with Crippen molar-refractivity contribution in [3.05, 3.63) is 62.6 Å². The Bertz CT molecular complexity index is 687. The van der Waals surface area contributed by atoms with Crippen LogP contribution in [0.15, 0.2) is 36.4 Å². The molecule has 0 fully saturated rings. The summed E-state index contributed by atoms with van der Waals surface area (Å²) < 4.78 is 5.72. The summed E-state index contributed by atoms with van der Waals surface area (Å²) in [6, 6.07) is 10.3. The molecular weight excluding hydrogens is 319 g/mol. The highest BCUT2D eigenvalue weighted by molar-refractivity contribution is 6.42. The Labute approximate surface area is 131 Å². The molecule has 1 N–H and O–H groups in total. The summed E-state index contributed by atoms with van der Waals surface area (Å²) in [6.45, 7) is 1.78. The van der Waals surface area contributed by atoms with Gasteiger partial charge in [-0.3, -0.25) is 0 Å². The van der Waals surface area contributed by atoms with Crippen LogP contribution in [0.1, 0.15) is 18.1 Å². The van der Waals surface area contributed by atoms with Crippen molar-refractivity contribution in [2.24, 2.45) is 0 Å². The molecule has 1 aliphatic heterocycles. The lowest BCUT2D eigenvalue weighted by atomic mass is 9.84. The van der Waals surface area contributed by atoms with Crippen molar-refractivity contribution in [2.75, 3.05) is 0 Å². The largest absolute Gasteiger partial charge is 0.487 e. The fourth-order valence-electron chi connectivity index (χ4n) is 2.56. The average molecular weight is 330 g/mol. The van der Waals surface area contributed by atoms with E-state index in [1.54, 1.807) is 43.3 Å². The molecule has 2 aromatic carbocycles. The van der Waals surface area contributed by atoms with Gasteiger partial charge >= 0.3 is 0 Å². The second-order valence-electron chi connectivity index (χ2n) is 4.77. The maximum Gasteiger partial charge on any atom is 0.156 e. The molecule has 1 aliphatic rings. The van der Waals surface area contributed by atoms with Gasteiger partial charge in [0.15, 0.2) is 5.60 Å². The van der Waals surface area contributed by atoms with Crippen molar-refractivity contribution >= 4 is 34.8 Å². The first kappa shape index (κ1) is 14.0. The van der Waals surface area contributed by atoms with Crippen LogP contribution < -0.4 is 4.74 Å². The van der Waals surface area contributed by atoms with E-state index in [-0.39, 0.29) is 0 Å². The number of aliphatic hydroxyl groups is 1. The molecule has 3 rings (SSSR count). The lowest BCUT2D eigenvalue weighted by Crippen LogP contribution is -2.37. The number of hydrogen-bond acceptors (Lipinski definition) is 2. The van der Waals surface area contributed by atoms with E-state index >= 15 is 0 Å². The molecule has 2 aromatic rings. The summed E-state index contributed by atoms with van der Waals surface area (Å²) >= 11 is 18.3. The molecule has 2 atom stereocenters. The maximum atomic E-state index is 11.2. The van der Waals surface area contributed by atoms with E-state index in [0.717, 1.165) is 0 Å². The summed E-state index contributed by atoms with van der Waals surface area (Å²) in [5.41, 5.74) is -0.260. The van der Waals surface area contributed by atoms with Crippen molar-refractivity contribution in [1.82, 2.24) is 0 Å². The van der Waals surface area contributed by atoms with E-state index < -0.39 is 11.7 Å². The molecule has 0 bridgehead atoms. The Morgan fingerprint density at radius 3 is 2.60 bits per heavy atom. The molecule has 0 aromatic heterocycles. The Morgan fingerprint density at radius 1 is 1.10 bits per heavy atom. The summed E-state index contributed by atoms with van der Waals surface area (Å²) in [6.07, 6.45) is -0.494. The van der Waals surface area contributed by atoms with Gasteiger partial charge in [0, 0.05) is 16.1 Å². The minimum absolute atomic E-state index is 0.319. The Balaban J connectivity index is 2.27. The quantitative estimate of drug-likeness (QED) is 0.824. The van der Waals surface area contributed by atoms with Crippen LogP contribution in [0.5, 0.6) is 5.75 Å². The minimum atomic E-state index is -1.37. The molecule has 0 saturated carbocycles. The molecule has 5 heteroatoms. The zero-order valence-corrected chi connectivity index (χ0v) is 12.8. The molecule has 2 nitrogen and oxygen atoms in total. The Kier molecular flexibility index (Phi) is 3.38. The van der Waals surface area contributed by atoms with Crippen molar-refractivity contribution in [3.8, 4) is 5.75 Å². The smallest absolute Gasteiger partial charge is 0.156 e. The van der Waals surface area contributed by atoms with E-state index in [1.807, 2.05) is 0 Å². The van der Waals surface area contributed by atoms with Gasteiger partial charge in [0.25, 0.3) is 0 Å². The molecule has 0 amide bonds. The third-order valence-corrected chi connectivity index (χ3v) is 4.66. The number of hydrogen-bond donors (Lipinski definition) is 1. The zero-order chi connectivity index (χ0) is 14.5. The van der Waals surface area contributed by atoms with Gasteiger partial charge in [0.2, 0.25) is 0 Å². The van der Waals surface area contributed by atoms with Gasteiger partial charge < -0.3 is 9.84 Å². The number of halogens is 3. The Morgan fingerprint density at radius 2 is 1.85 bits per heavy atom. The first-order valence-electron chi connectivity index (χ1n) is 6.08. The highest BCUT2D eigenvalue weighted by Gasteiger charge is 2.48. The molecule has 0 aliphatic carbocycles. The summed E-state index contributed by atoms with van der Waals surface area (Å²) in [7, 11) is 0. The van der Waals surface area contributed by atoms with Crippen LogP contribution in [-0.2, 0) is 5.60 Å². The predicted molar refractivity (Wildman–Crippen MR) is 81.0 cm³/mol. The molecular formula is C15H11Cl3O2. The van der Waals surface area contributed by atoms with Gasteiger partial charge in [-0.05, 0) is 31.2 Å². The highest BCUT2D eigenvalue weighted by atomic mass is 35.5. The summed E-state index contributed by atoms with van der Waals surface area (Å²) in [5, 5.41) is 12.4. The van der Waals surface area contributed by atoms with E-state index in [4.69, 9.17) is 39.5 Å². The number of benzene rings is 2. The third-order valence-electron chi connectivity index (χ3n) is 3.61. The van der Waals surface area contributed by atoms with E-state index in [0.29, 0.717) is 31.9 Å². The minimum Gasteiger partial charge on any atom is -0.487 e. The number of ether oxygens (including phenoxy) is 1. The van der Waals surface area contributed by atoms with Crippen LogP contribution in [-0.4, -0.2) is 11.2 Å². The van der Waals surface area contributed by atoms with E-state index in [2.05, 4.69) is 0 Å². The fourth-order valence-corrected chi connectivity index (χ4v) is 3.18. The van der Waals surface area contributed by atoms with Crippen molar-refractivity contribution in [3.63, 3.8) is 0 Å². The lowest BCUT2D eigenvalue weighted by Gasteiger charge is -2.28. The molecule has 0 unspecified atom stereocenters. The van der Waals surface area contributed by atoms with Crippen molar-refractivity contribution < 1.29 is 9.84 Å². The van der Waals surface area contributed by atoms with Crippen molar-refractivity contribution in [1.29, 1.82) is 0 Å². The van der Waals surface area contributed by atoms with Gasteiger partial charge in [-0.1, -0.05) is 46.9 Å². The van der Waals surface area contributed by atoms with E-state index in [9.17, 15) is 5.11 Å². The molecule has 20 heavy (non-hydrogen) atoms. The first-order valence-corrected chi connectivity index (χ1v) is 7.21. The average Bonchev–Trinajstić information content (AvgIpc) is 2.66. The SMILES string of the molecule is C[C@@H]1Oc2ccc(Cl)cc2[C@]1(O)c1cccc(Cl)c1Cl. The van der Waals surface area contributed by atoms with Crippen LogP contribution >= 0.6 is 34.8 Å². The van der Waals surface area contributed by atoms with Gasteiger partial charge in [-0.25, -0.2) is 0 Å². The van der Waals surface area contributed by atoms with Crippen molar-refractivity contribution in [2.45, 2.75) is 18.6 Å². The lowest BCUT2D eigenvalue weighted by molar-refractivity contribution is 0.00402. The summed E-state index contributed by atoms with van der Waals surface area (Å²) in [4.78, 5) is 0. The second-order valence-corrected chi connectivity index (χ2v) is 5.99. The topological polar surface area (TPSA) is 29.5 Å². The molecule has 104 valence electrons.